The Balaban J connectivity index is 1.22. The van der Waals surface area contributed by atoms with Crippen LogP contribution >= 0.6 is 0 Å². The van der Waals surface area contributed by atoms with Gasteiger partial charge in [-0.25, -0.2) is 9.97 Å². The second kappa shape index (κ2) is 9.39. The number of aromatic nitrogens is 2. The molecule has 4 heterocycles. The number of carbonyl (C=O) groups is 1. The first kappa shape index (κ1) is 19.9. The third-order valence-corrected chi connectivity index (χ3v) is 5.84. The maximum atomic E-state index is 12.6. The standard InChI is InChI=1S/C20H31N7O2/c1-2-21-19(25-16-14-15-4-5-17(16)29-15)22-9-6-18(28)26-10-12-27(13-11-26)20-23-7-3-8-24-20/h3,7-8,15-17H,2,4-6,9-14H2,1H3,(H2,21,22,25). The van der Waals surface area contributed by atoms with Crippen LogP contribution in [0.4, 0.5) is 5.95 Å². The zero-order chi connectivity index (χ0) is 20.1. The van der Waals surface area contributed by atoms with Gasteiger partial charge in [-0.15, -0.1) is 0 Å². The van der Waals surface area contributed by atoms with Gasteiger partial charge in [-0.2, -0.15) is 0 Å². The molecule has 4 rings (SSSR count). The molecule has 0 spiro atoms. The summed E-state index contributed by atoms with van der Waals surface area (Å²) in [6.07, 6.45) is 7.97. The lowest BCUT2D eigenvalue weighted by Crippen LogP contribution is -2.49. The van der Waals surface area contributed by atoms with E-state index in [0.717, 1.165) is 44.4 Å². The van der Waals surface area contributed by atoms with Crippen LogP contribution in [-0.4, -0.2) is 84.3 Å². The normalized spacial score (nSPS) is 26.7. The second-order valence-electron chi connectivity index (χ2n) is 7.79. The third kappa shape index (κ3) is 4.95. The van der Waals surface area contributed by atoms with Crippen LogP contribution in [-0.2, 0) is 9.53 Å². The molecule has 3 unspecified atom stereocenters. The molecular formula is C20H31N7O2. The Morgan fingerprint density at radius 1 is 1.24 bits per heavy atom. The minimum absolute atomic E-state index is 0.154. The van der Waals surface area contributed by atoms with Gasteiger partial charge in [0.25, 0.3) is 0 Å². The SMILES string of the molecule is CCNC(=NCCC(=O)N1CCN(c2ncccn2)CC1)NC1CC2CCC1O2. The van der Waals surface area contributed by atoms with Crippen molar-refractivity contribution in [3.63, 3.8) is 0 Å². The van der Waals surface area contributed by atoms with Crippen molar-refractivity contribution in [2.24, 2.45) is 4.99 Å². The molecule has 0 saturated carbocycles. The van der Waals surface area contributed by atoms with E-state index < -0.39 is 0 Å². The number of aliphatic imine (C=N–C) groups is 1. The number of nitrogens with zero attached hydrogens (tertiary/aromatic N) is 5. The Morgan fingerprint density at radius 3 is 2.69 bits per heavy atom. The Labute approximate surface area is 171 Å². The third-order valence-electron chi connectivity index (χ3n) is 5.84. The van der Waals surface area contributed by atoms with Crippen LogP contribution in [0.3, 0.4) is 0 Å². The van der Waals surface area contributed by atoms with E-state index in [9.17, 15) is 4.79 Å². The molecule has 9 nitrogen and oxygen atoms in total. The lowest BCUT2D eigenvalue weighted by molar-refractivity contribution is -0.131. The molecule has 2 bridgehead atoms. The number of amides is 1. The minimum Gasteiger partial charge on any atom is -0.373 e. The summed E-state index contributed by atoms with van der Waals surface area (Å²) in [5.41, 5.74) is 0. The number of fused-ring (bicyclic) bond motifs is 2. The molecule has 3 aliphatic heterocycles. The smallest absolute Gasteiger partial charge is 0.225 e. The van der Waals surface area contributed by atoms with Crippen molar-refractivity contribution in [2.75, 3.05) is 44.2 Å². The summed E-state index contributed by atoms with van der Waals surface area (Å²) in [4.78, 5) is 29.8. The van der Waals surface area contributed by atoms with Crippen molar-refractivity contribution >= 4 is 17.8 Å². The molecule has 29 heavy (non-hydrogen) atoms. The van der Waals surface area contributed by atoms with Crippen LogP contribution < -0.4 is 15.5 Å². The summed E-state index contributed by atoms with van der Waals surface area (Å²) in [5, 5.41) is 6.78. The molecule has 0 aliphatic carbocycles. The quantitative estimate of drug-likeness (QED) is 0.526. The fourth-order valence-electron chi connectivity index (χ4n) is 4.32. The number of rotatable bonds is 6. The molecule has 0 aromatic carbocycles. The highest BCUT2D eigenvalue weighted by molar-refractivity contribution is 5.81. The molecule has 1 aromatic rings. The Kier molecular flexibility index (Phi) is 6.43. The molecule has 2 N–H and O–H groups in total. The average molecular weight is 402 g/mol. The molecular weight excluding hydrogens is 370 g/mol. The fourth-order valence-corrected chi connectivity index (χ4v) is 4.32. The maximum Gasteiger partial charge on any atom is 0.225 e. The van der Waals surface area contributed by atoms with Crippen molar-refractivity contribution < 1.29 is 9.53 Å². The first-order valence-electron chi connectivity index (χ1n) is 10.7. The van der Waals surface area contributed by atoms with Gasteiger partial charge in [0.1, 0.15) is 0 Å². The van der Waals surface area contributed by atoms with E-state index in [1.54, 1.807) is 12.4 Å². The van der Waals surface area contributed by atoms with E-state index in [4.69, 9.17) is 4.74 Å². The first-order chi connectivity index (χ1) is 14.2. The van der Waals surface area contributed by atoms with Gasteiger partial charge in [-0.05, 0) is 32.3 Å². The van der Waals surface area contributed by atoms with Crippen LogP contribution in [0.25, 0.3) is 0 Å². The van der Waals surface area contributed by atoms with Crippen molar-refractivity contribution in [1.29, 1.82) is 0 Å². The van der Waals surface area contributed by atoms with E-state index >= 15 is 0 Å². The zero-order valence-electron chi connectivity index (χ0n) is 17.1. The minimum atomic E-state index is 0.154. The Hall–Kier alpha value is -2.42. The molecule has 3 fully saturated rings. The molecule has 158 valence electrons. The van der Waals surface area contributed by atoms with Crippen LogP contribution in [0.5, 0.6) is 0 Å². The van der Waals surface area contributed by atoms with Crippen molar-refractivity contribution in [3.8, 4) is 0 Å². The largest absolute Gasteiger partial charge is 0.373 e. The zero-order valence-corrected chi connectivity index (χ0v) is 17.1. The summed E-state index contributed by atoms with van der Waals surface area (Å²) in [6, 6.07) is 2.14. The summed E-state index contributed by atoms with van der Waals surface area (Å²) >= 11 is 0. The molecule has 9 heteroatoms. The van der Waals surface area contributed by atoms with Gasteiger partial charge in [-0.1, -0.05) is 0 Å². The maximum absolute atomic E-state index is 12.6. The molecule has 1 aromatic heterocycles. The number of hydrogen-bond donors (Lipinski definition) is 2. The second-order valence-corrected chi connectivity index (χ2v) is 7.79. The number of nitrogens with one attached hydrogen (secondary N) is 2. The number of carbonyl (C=O) groups excluding carboxylic acids is 1. The molecule has 3 saturated heterocycles. The predicted octanol–water partition coefficient (Wildman–Crippen LogP) is 0.390. The average Bonchev–Trinajstić information content (AvgIpc) is 3.38. The van der Waals surface area contributed by atoms with Gasteiger partial charge >= 0.3 is 0 Å². The van der Waals surface area contributed by atoms with E-state index in [1.807, 2.05) is 11.0 Å². The van der Waals surface area contributed by atoms with Crippen LogP contribution in [0.15, 0.2) is 23.5 Å². The number of guanidine groups is 1. The monoisotopic (exact) mass is 401 g/mol. The first-order valence-corrected chi connectivity index (χ1v) is 10.7. The fraction of sp³-hybridized carbons (Fsp3) is 0.700. The molecule has 1 amide bonds. The van der Waals surface area contributed by atoms with Crippen LogP contribution in [0.2, 0.25) is 0 Å². The number of hydrogen-bond acceptors (Lipinski definition) is 6. The lowest BCUT2D eigenvalue weighted by atomic mass is 9.96. The van der Waals surface area contributed by atoms with Crippen molar-refractivity contribution in [3.05, 3.63) is 18.5 Å². The van der Waals surface area contributed by atoms with Gasteiger partial charge in [0.15, 0.2) is 5.96 Å². The van der Waals surface area contributed by atoms with Gasteiger partial charge in [0.05, 0.1) is 24.8 Å². The highest BCUT2D eigenvalue weighted by Gasteiger charge is 2.41. The lowest BCUT2D eigenvalue weighted by Gasteiger charge is -2.34. The molecule has 3 atom stereocenters. The summed E-state index contributed by atoms with van der Waals surface area (Å²) < 4.78 is 5.91. The number of ether oxygens (including phenoxy) is 1. The van der Waals surface area contributed by atoms with Gasteiger partial charge < -0.3 is 25.2 Å². The van der Waals surface area contributed by atoms with E-state index in [-0.39, 0.29) is 5.91 Å². The highest BCUT2D eigenvalue weighted by Crippen LogP contribution is 2.34. The summed E-state index contributed by atoms with van der Waals surface area (Å²) in [7, 11) is 0. The van der Waals surface area contributed by atoms with Crippen LogP contribution in [0.1, 0.15) is 32.6 Å². The van der Waals surface area contributed by atoms with Crippen LogP contribution in [0, 0.1) is 0 Å². The van der Waals surface area contributed by atoms with Gasteiger partial charge in [-0.3, -0.25) is 9.79 Å². The van der Waals surface area contributed by atoms with Gasteiger partial charge in [0, 0.05) is 51.5 Å². The Morgan fingerprint density at radius 2 is 2.03 bits per heavy atom. The summed E-state index contributed by atoms with van der Waals surface area (Å²) in [6.45, 7) is 6.24. The number of anilines is 1. The van der Waals surface area contributed by atoms with Crippen molar-refractivity contribution in [2.45, 2.75) is 50.9 Å². The molecule has 3 aliphatic rings. The van der Waals surface area contributed by atoms with Gasteiger partial charge in [0.2, 0.25) is 11.9 Å². The molecule has 0 radical (unpaired) electrons. The highest BCUT2D eigenvalue weighted by atomic mass is 16.5. The van der Waals surface area contributed by atoms with E-state index in [2.05, 4.69) is 37.4 Å². The van der Waals surface area contributed by atoms with Crippen molar-refractivity contribution in [1.82, 2.24) is 25.5 Å². The van der Waals surface area contributed by atoms with E-state index in [1.165, 1.54) is 6.42 Å². The summed E-state index contributed by atoms with van der Waals surface area (Å²) in [5.74, 6) is 1.67. The van der Waals surface area contributed by atoms with E-state index in [0.29, 0.717) is 44.3 Å². The predicted molar refractivity (Wildman–Crippen MR) is 111 cm³/mol. The topological polar surface area (TPSA) is 95.0 Å². The Bertz CT molecular complexity index is 706. The number of piperazine rings is 1.